The molecule has 3 amide bonds. The molecule has 0 aliphatic heterocycles. The first-order valence-electron chi connectivity index (χ1n) is 7.91. The number of aliphatic hydroxyl groups excluding tert-OH is 3. The second-order valence-electron chi connectivity index (χ2n) is 5.97. The summed E-state index contributed by atoms with van der Waals surface area (Å²) in [5.74, 6) is -1.67. The van der Waals surface area contributed by atoms with Crippen LogP contribution in [-0.2, 0) is 4.79 Å². The largest absolute Gasteiger partial charge is 0.394 e. The summed E-state index contributed by atoms with van der Waals surface area (Å²) in [5, 5.41) is 33.0. The Kier molecular flexibility index (Phi) is 10.3. The summed E-state index contributed by atoms with van der Waals surface area (Å²) in [5.41, 5.74) is 0.578. The van der Waals surface area contributed by atoms with E-state index in [1.165, 1.54) is 11.8 Å². The molecule has 1 aromatic rings. The Labute approximate surface area is 203 Å². The van der Waals surface area contributed by atoms with Gasteiger partial charge in [0.25, 0.3) is 17.7 Å². The molecule has 1 rings (SSSR count). The maximum absolute atomic E-state index is 12.8. The quantitative estimate of drug-likeness (QED) is 0.261. The fraction of sp³-hybridized carbons (Fsp3) is 0.438. The highest BCUT2D eigenvalue weighted by molar-refractivity contribution is 14.1. The van der Waals surface area contributed by atoms with Crippen LogP contribution in [0.4, 0.5) is 5.69 Å². The number of benzene rings is 1. The van der Waals surface area contributed by atoms with Crippen LogP contribution in [0.5, 0.6) is 0 Å². The van der Waals surface area contributed by atoms with E-state index in [9.17, 15) is 29.7 Å². The van der Waals surface area contributed by atoms with Crippen LogP contribution in [0.15, 0.2) is 0 Å². The Morgan fingerprint density at radius 2 is 1.50 bits per heavy atom. The van der Waals surface area contributed by atoms with Crippen molar-refractivity contribution >= 4 is 91.2 Å². The second-order valence-corrected chi connectivity index (χ2v) is 9.20. The van der Waals surface area contributed by atoms with Gasteiger partial charge < -0.3 is 30.9 Å². The predicted molar refractivity (Wildman–Crippen MR) is 128 cm³/mol. The second kappa shape index (κ2) is 11.2. The molecule has 1 atom stereocenters. The van der Waals surface area contributed by atoms with Crippen LogP contribution in [0.2, 0.25) is 0 Å². The lowest BCUT2D eigenvalue weighted by molar-refractivity contribution is -0.123. The van der Waals surface area contributed by atoms with Crippen LogP contribution in [0, 0.1) is 10.7 Å². The van der Waals surface area contributed by atoms with Crippen molar-refractivity contribution in [3.05, 3.63) is 21.8 Å². The topological polar surface area (TPSA) is 139 Å². The number of hydrogen-bond donors (Lipinski definition) is 5. The third-order valence-corrected chi connectivity index (χ3v) is 6.80. The predicted octanol–water partition coefficient (Wildman–Crippen LogP) is 0.604. The molecule has 12 heteroatoms. The lowest BCUT2D eigenvalue weighted by Crippen LogP contribution is -2.41. The van der Waals surface area contributed by atoms with E-state index in [2.05, 4.69) is 10.6 Å². The molecule has 0 saturated carbocycles. The Morgan fingerprint density at radius 1 is 1.00 bits per heavy atom. The lowest BCUT2D eigenvalue weighted by Gasteiger charge is -2.22. The van der Waals surface area contributed by atoms with Gasteiger partial charge in [0.2, 0.25) is 0 Å². The molecule has 9 nitrogen and oxygen atoms in total. The summed E-state index contributed by atoms with van der Waals surface area (Å²) >= 11 is 5.67. The molecule has 156 valence electrons. The molecular formula is C16H20I3N3O6. The summed E-state index contributed by atoms with van der Waals surface area (Å²) < 4.78 is 1.16. The molecule has 0 radical (unpaired) electrons. The zero-order valence-corrected chi connectivity index (χ0v) is 21.7. The number of aliphatic hydroxyl groups is 3. The highest BCUT2D eigenvalue weighted by Crippen LogP contribution is 2.36. The van der Waals surface area contributed by atoms with Gasteiger partial charge in [0, 0.05) is 17.7 Å². The van der Waals surface area contributed by atoms with Crippen LogP contribution in [0.3, 0.4) is 0 Å². The van der Waals surface area contributed by atoms with Crippen molar-refractivity contribution in [1.82, 2.24) is 10.2 Å². The van der Waals surface area contributed by atoms with E-state index in [0.717, 1.165) is 0 Å². The van der Waals surface area contributed by atoms with Gasteiger partial charge in [-0.05, 0) is 74.7 Å². The number of carbonyl (C=O) groups excluding carboxylic acids is 3. The van der Waals surface area contributed by atoms with E-state index in [1.54, 1.807) is 14.1 Å². The van der Waals surface area contributed by atoms with E-state index >= 15 is 0 Å². The normalized spacial score (nSPS) is 11.9. The highest BCUT2D eigenvalue weighted by atomic mass is 127. The summed E-state index contributed by atoms with van der Waals surface area (Å²) in [7, 11) is 3.13. The van der Waals surface area contributed by atoms with Crippen molar-refractivity contribution in [1.29, 1.82) is 0 Å². The van der Waals surface area contributed by atoms with Gasteiger partial charge in [0.1, 0.15) is 6.10 Å². The van der Waals surface area contributed by atoms with Crippen molar-refractivity contribution in [3.63, 3.8) is 0 Å². The van der Waals surface area contributed by atoms with E-state index in [4.69, 9.17) is 0 Å². The zero-order valence-electron chi connectivity index (χ0n) is 15.2. The standard InChI is InChI=1S/C16H20I3N3O6/c1-6(25)14(26)21-13-11(18)8(15(27)20-7(4-23)5-24)10(17)9(12(13)19)16(28)22(2)3/h6-7,23-25H,4-5H2,1-3H3,(H,20,27)(H,21,26)/t6-/m0/s1. The number of nitrogens with zero attached hydrogens (tertiary/aromatic N) is 1. The van der Waals surface area contributed by atoms with Gasteiger partial charge in [-0.2, -0.15) is 0 Å². The maximum Gasteiger partial charge on any atom is 0.255 e. The van der Waals surface area contributed by atoms with Gasteiger partial charge in [0.15, 0.2) is 0 Å². The highest BCUT2D eigenvalue weighted by Gasteiger charge is 2.30. The van der Waals surface area contributed by atoms with Gasteiger partial charge >= 0.3 is 0 Å². The first-order valence-corrected chi connectivity index (χ1v) is 11.1. The average Bonchev–Trinajstić information content (AvgIpc) is 2.62. The SMILES string of the molecule is C[C@H](O)C(=O)Nc1c(I)c(C(=O)NC(CO)CO)c(I)c(C(=O)N(C)C)c1I. The fourth-order valence-corrected chi connectivity index (χ4v) is 6.41. The molecule has 0 saturated heterocycles. The molecule has 5 N–H and O–H groups in total. The molecular weight excluding hydrogens is 711 g/mol. The smallest absolute Gasteiger partial charge is 0.255 e. The van der Waals surface area contributed by atoms with E-state index in [0.29, 0.717) is 10.7 Å². The lowest BCUT2D eigenvalue weighted by atomic mass is 10.1. The Balaban J connectivity index is 3.69. The third kappa shape index (κ3) is 5.87. The van der Waals surface area contributed by atoms with Crippen molar-refractivity contribution in [2.24, 2.45) is 0 Å². The zero-order chi connectivity index (χ0) is 21.8. The third-order valence-electron chi connectivity index (χ3n) is 3.57. The van der Waals surface area contributed by atoms with Gasteiger partial charge in [-0.1, -0.05) is 0 Å². The summed E-state index contributed by atoms with van der Waals surface area (Å²) in [4.78, 5) is 38.9. The fourth-order valence-electron chi connectivity index (χ4n) is 2.02. The van der Waals surface area contributed by atoms with Crippen LogP contribution < -0.4 is 10.6 Å². The molecule has 0 aliphatic carbocycles. The average molecular weight is 731 g/mol. The number of carbonyl (C=O) groups is 3. The molecule has 0 bridgehead atoms. The minimum Gasteiger partial charge on any atom is -0.394 e. The van der Waals surface area contributed by atoms with Gasteiger partial charge in [-0.3, -0.25) is 14.4 Å². The Hall–Kier alpha value is -0.300. The first kappa shape index (κ1) is 25.7. The number of amides is 3. The number of anilines is 1. The summed E-state index contributed by atoms with van der Waals surface area (Å²) in [6.45, 7) is 0.373. The maximum atomic E-state index is 12.8. The molecule has 0 spiro atoms. The summed E-state index contributed by atoms with van der Waals surface area (Å²) in [6, 6.07) is -0.873. The van der Waals surface area contributed by atoms with E-state index in [-0.39, 0.29) is 22.7 Å². The van der Waals surface area contributed by atoms with Crippen LogP contribution >= 0.6 is 67.8 Å². The molecule has 28 heavy (non-hydrogen) atoms. The number of rotatable bonds is 7. The van der Waals surface area contributed by atoms with Gasteiger partial charge in [0.05, 0.1) is 43.2 Å². The molecule has 0 aromatic heterocycles. The minimum atomic E-state index is -1.29. The summed E-state index contributed by atoms with van der Waals surface area (Å²) in [6.07, 6.45) is -1.29. The molecule has 0 fully saturated rings. The molecule has 0 heterocycles. The van der Waals surface area contributed by atoms with Crippen LogP contribution in [-0.4, -0.2) is 77.4 Å². The number of hydrogen-bond acceptors (Lipinski definition) is 6. The molecule has 1 aromatic carbocycles. The van der Waals surface area contributed by atoms with Gasteiger partial charge in [-0.25, -0.2) is 0 Å². The van der Waals surface area contributed by atoms with Crippen molar-refractivity contribution in [2.75, 3.05) is 32.6 Å². The first-order chi connectivity index (χ1) is 13.0. The Morgan fingerprint density at radius 3 is 1.93 bits per heavy atom. The van der Waals surface area contributed by atoms with Crippen LogP contribution in [0.25, 0.3) is 0 Å². The van der Waals surface area contributed by atoms with E-state index in [1.807, 2.05) is 67.8 Å². The van der Waals surface area contributed by atoms with E-state index < -0.39 is 37.2 Å². The molecule has 0 unspecified atom stereocenters. The van der Waals surface area contributed by atoms with Crippen molar-refractivity contribution in [3.8, 4) is 0 Å². The number of nitrogens with one attached hydrogen (secondary N) is 2. The minimum absolute atomic E-state index is 0.125. The monoisotopic (exact) mass is 731 g/mol. The van der Waals surface area contributed by atoms with Crippen molar-refractivity contribution in [2.45, 2.75) is 19.1 Å². The number of halogens is 3. The van der Waals surface area contributed by atoms with Crippen LogP contribution in [0.1, 0.15) is 27.6 Å². The van der Waals surface area contributed by atoms with Gasteiger partial charge in [-0.15, -0.1) is 0 Å². The Bertz CT molecular complexity index is 782. The van der Waals surface area contributed by atoms with Crippen molar-refractivity contribution < 1.29 is 29.7 Å². The molecule has 0 aliphatic rings.